The summed E-state index contributed by atoms with van der Waals surface area (Å²) in [5, 5.41) is 4.42. The molecule has 0 bridgehead atoms. The molecule has 4 aromatic rings. The van der Waals surface area contributed by atoms with Gasteiger partial charge in [-0.3, -0.25) is 35.2 Å². The van der Waals surface area contributed by atoms with Crippen molar-refractivity contribution in [1.29, 1.82) is 0 Å². The SMILES string of the molecule is C=C(C)/C(=C/C)N1NC(=Nc2cccc(-c3ccc(CN4CCN(c5ccc(-c6ccc(N(C(=C)C)C7CCC(=O)NC7=O)c(C)c6)cc5)CC4)cn3)c2)C=C(C)C1=C. The number of carbonyl (C=O) groups is 2. The first-order chi connectivity index (χ1) is 28.4. The number of amides is 2. The van der Waals surface area contributed by atoms with Gasteiger partial charge in [-0.1, -0.05) is 62.2 Å². The first-order valence-corrected chi connectivity index (χ1v) is 20.3. The number of hydrogen-bond acceptors (Lipinski definition) is 8. The van der Waals surface area contributed by atoms with Crippen LogP contribution in [0.4, 0.5) is 17.1 Å². The minimum atomic E-state index is -0.455. The van der Waals surface area contributed by atoms with E-state index >= 15 is 0 Å². The second kappa shape index (κ2) is 17.5. The number of aryl methyl sites for hydroxylation is 1. The van der Waals surface area contributed by atoms with E-state index in [0.717, 1.165) is 106 Å². The standard InChI is InChI=1S/C49H54N8O2/c1-9-44(32(2)3)57-36(8)34(6)28-47(53-57)51-41-12-10-11-40(29-41)43-19-13-37(30-50-43)31-54-23-25-55(26-24-54)42-17-14-38(15-18-42)39-16-20-45(35(7)27-39)56(33(4)5)46-21-22-48(58)52-49(46)59/h9-20,27-30,46H,2,4,8,21-26,31H2,1,3,5-7H3,(H,51,53)(H,52,58,59)/b44-9-. The van der Waals surface area contributed by atoms with E-state index < -0.39 is 6.04 Å². The van der Waals surface area contributed by atoms with E-state index in [1.54, 1.807) is 0 Å². The molecule has 3 aliphatic heterocycles. The molecule has 1 aromatic heterocycles. The zero-order valence-electron chi connectivity index (χ0n) is 34.9. The fraction of sp³-hybridized carbons (Fsp3) is 0.265. The summed E-state index contributed by atoms with van der Waals surface area (Å²) in [5.74, 6) is 0.232. The third-order valence-corrected chi connectivity index (χ3v) is 11.2. The number of aromatic nitrogens is 1. The lowest BCUT2D eigenvalue weighted by Crippen LogP contribution is -2.52. The van der Waals surface area contributed by atoms with Crippen molar-refractivity contribution in [2.45, 2.75) is 60.0 Å². The number of nitrogens with one attached hydrogen (secondary N) is 2. The summed E-state index contributed by atoms with van der Waals surface area (Å²) in [4.78, 5) is 41.1. The van der Waals surface area contributed by atoms with Crippen LogP contribution in [0, 0.1) is 6.92 Å². The highest BCUT2D eigenvalue weighted by Crippen LogP contribution is 2.33. The highest BCUT2D eigenvalue weighted by Gasteiger charge is 2.33. The van der Waals surface area contributed by atoms with E-state index in [1.807, 2.05) is 68.1 Å². The Labute approximate surface area is 348 Å². The number of rotatable bonds is 11. The molecule has 10 heteroatoms. The Hall–Kier alpha value is -6.52. The lowest BCUT2D eigenvalue weighted by atomic mass is 9.98. The molecule has 2 amide bonds. The molecular weight excluding hydrogens is 733 g/mol. The fourth-order valence-electron chi connectivity index (χ4n) is 8.03. The van der Waals surface area contributed by atoms with Gasteiger partial charge in [0.1, 0.15) is 11.9 Å². The Balaban J connectivity index is 0.938. The summed E-state index contributed by atoms with van der Waals surface area (Å²) in [6.07, 6.45) is 6.81. The molecular formula is C49H54N8O2. The zero-order valence-corrected chi connectivity index (χ0v) is 34.9. The molecule has 0 radical (unpaired) electrons. The van der Waals surface area contributed by atoms with Crippen molar-refractivity contribution in [1.82, 2.24) is 25.6 Å². The number of piperidine rings is 1. The summed E-state index contributed by atoms with van der Waals surface area (Å²) in [7, 11) is 0. The average Bonchev–Trinajstić information content (AvgIpc) is 3.22. The molecule has 302 valence electrons. The number of benzene rings is 3. The van der Waals surface area contributed by atoms with Crippen molar-refractivity contribution in [3.63, 3.8) is 0 Å². The molecule has 1 atom stereocenters. The number of aliphatic imine (C=N–C) groups is 1. The van der Waals surface area contributed by atoms with Crippen LogP contribution in [0.2, 0.25) is 0 Å². The molecule has 0 spiro atoms. The molecule has 59 heavy (non-hydrogen) atoms. The first kappa shape index (κ1) is 40.7. The molecule has 0 aliphatic carbocycles. The second-order valence-corrected chi connectivity index (χ2v) is 15.7. The topological polar surface area (TPSA) is 96.4 Å². The van der Waals surface area contributed by atoms with Gasteiger partial charge >= 0.3 is 0 Å². The third kappa shape index (κ3) is 9.13. The molecule has 0 saturated carbocycles. The largest absolute Gasteiger partial charge is 0.369 e. The predicted molar refractivity (Wildman–Crippen MR) is 241 cm³/mol. The molecule has 3 aromatic carbocycles. The lowest BCUT2D eigenvalue weighted by molar-refractivity contribution is -0.134. The minimum absolute atomic E-state index is 0.222. The molecule has 4 heterocycles. The molecule has 7 rings (SSSR count). The van der Waals surface area contributed by atoms with Crippen molar-refractivity contribution in [3.8, 4) is 22.4 Å². The fourth-order valence-corrected chi connectivity index (χ4v) is 8.03. The maximum atomic E-state index is 12.7. The number of imide groups is 1. The Bertz CT molecular complexity index is 2380. The van der Waals surface area contributed by atoms with Crippen LogP contribution in [0.1, 0.15) is 51.7 Å². The van der Waals surface area contributed by atoms with E-state index in [9.17, 15) is 9.59 Å². The summed E-state index contributed by atoms with van der Waals surface area (Å²) >= 11 is 0. The van der Waals surface area contributed by atoms with Crippen LogP contribution in [0.3, 0.4) is 0 Å². The van der Waals surface area contributed by atoms with Gasteiger partial charge in [0.25, 0.3) is 0 Å². The van der Waals surface area contributed by atoms with Crippen LogP contribution < -0.4 is 20.5 Å². The van der Waals surface area contributed by atoms with Gasteiger partial charge < -0.3 is 9.80 Å². The van der Waals surface area contributed by atoms with Crippen molar-refractivity contribution in [3.05, 3.63) is 156 Å². The molecule has 1 unspecified atom stereocenters. The maximum Gasteiger partial charge on any atom is 0.249 e. The highest BCUT2D eigenvalue weighted by molar-refractivity contribution is 6.02. The first-order valence-electron chi connectivity index (χ1n) is 20.3. The number of allylic oxidation sites excluding steroid dienone is 4. The predicted octanol–water partition coefficient (Wildman–Crippen LogP) is 8.98. The highest BCUT2D eigenvalue weighted by atomic mass is 16.2. The van der Waals surface area contributed by atoms with Crippen LogP contribution >= 0.6 is 0 Å². The number of pyridine rings is 1. The summed E-state index contributed by atoms with van der Waals surface area (Å²) < 4.78 is 0. The number of carbonyl (C=O) groups excluding carboxylic acids is 2. The van der Waals surface area contributed by atoms with Gasteiger partial charge in [-0.05, 0) is 123 Å². The van der Waals surface area contributed by atoms with E-state index in [0.29, 0.717) is 12.8 Å². The zero-order chi connectivity index (χ0) is 41.8. The van der Waals surface area contributed by atoms with Gasteiger partial charge in [0.15, 0.2) is 0 Å². The van der Waals surface area contributed by atoms with Gasteiger partial charge in [0.05, 0.1) is 22.8 Å². The maximum absolute atomic E-state index is 12.7. The summed E-state index contributed by atoms with van der Waals surface area (Å²) in [6, 6.07) is 27.1. The van der Waals surface area contributed by atoms with E-state index in [2.05, 4.69) is 114 Å². The third-order valence-electron chi connectivity index (χ3n) is 11.2. The average molecular weight is 787 g/mol. The number of piperazine rings is 1. The lowest BCUT2D eigenvalue weighted by Gasteiger charge is -2.36. The normalized spacial score (nSPS) is 18.4. The van der Waals surface area contributed by atoms with Gasteiger partial charge in [0.2, 0.25) is 11.8 Å². The number of nitrogens with zero attached hydrogens (tertiary/aromatic N) is 6. The molecule has 2 fully saturated rings. The van der Waals surface area contributed by atoms with Crippen LogP contribution in [0.15, 0.2) is 150 Å². The molecule has 2 saturated heterocycles. The van der Waals surface area contributed by atoms with Crippen LogP contribution in [0.25, 0.3) is 22.4 Å². The van der Waals surface area contributed by atoms with Gasteiger partial charge in [-0.15, -0.1) is 0 Å². The summed E-state index contributed by atoms with van der Waals surface area (Å²) in [6.45, 7) is 27.2. The van der Waals surface area contributed by atoms with Crippen molar-refractivity contribution in [2.75, 3.05) is 36.0 Å². The number of amidine groups is 1. The Morgan fingerprint density at radius 1 is 0.932 bits per heavy atom. The monoisotopic (exact) mass is 786 g/mol. The Morgan fingerprint density at radius 2 is 1.68 bits per heavy atom. The molecule has 10 nitrogen and oxygen atoms in total. The van der Waals surface area contributed by atoms with E-state index in [1.165, 1.54) is 11.3 Å². The van der Waals surface area contributed by atoms with Crippen LogP contribution in [-0.4, -0.2) is 64.8 Å². The van der Waals surface area contributed by atoms with Crippen molar-refractivity contribution < 1.29 is 9.59 Å². The van der Waals surface area contributed by atoms with Gasteiger partial charge in [-0.2, -0.15) is 0 Å². The van der Waals surface area contributed by atoms with E-state index in [-0.39, 0.29) is 11.8 Å². The quantitative estimate of drug-likeness (QED) is 0.115. The van der Waals surface area contributed by atoms with Crippen molar-refractivity contribution >= 4 is 34.7 Å². The number of anilines is 2. The minimum Gasteiger partial charge on any atom is -0.369 e. The molecule has 2 N–H and O–H groups in total. The Kier molecular flexibility index (Phi) is 12.1. The molecule has 3 aliphatic rings. The van der Waals surface area contributed by atoms with Gasteiger partial charge in [0, 0.05) is 68.0 Å². The van der Waals surface area contributed by atoms with E-state index in [4.69, 9.17) is 9.98 Å². The van der Waals surface area contributed by atoms with Crippen LogP contribution in [0.5, 0.6) is 0 Å². The summed E-state index contributed by atoms with van der Waals surface area (Å²) in [5.41, 5.74) is 17.3. The van der Waals surface area contributed by atoms with Gasteiger partial charge in [-0.25, -0.2) is 4.99 Å². The second-order valence-electron chi connectivity index (χ2n) is 15.7. The Morgan fingerprint density at radius 3 is 2.32 bits per heavy atom. The number of hydrogen-bond donors (Lipinski definition) is 2. The smallest absolute Gasteiger partial charge is 0.249 e. The van der Waals surface area contributed by atoms with Crippen LogP contribution in [-0.2, 0) is 16.1 Å². The number of hydrazine groups is 1. The van der Waals surface area contributed by atoms with Crippen molar-refractivity contribution in [2.24, 2.45) is 4.99 Å².